The number of hydrogen-bond donors (Lipinski definition) is 1. The van der Waals surface area contributed by atoms with E-state index in [-0.39, 0.29) is 17.7 Å². The molecule has 7 heteroatoms. The zero-order chi connectivity index (χ0) is 21.6. The van der Waals surface area contributed by atoms with Crippen molar-refractivity contribution in [1.29, 1.82) is 0 Å². The second-order valence-electron chi connectivity index (χ2n) is 7.61. The number of hydrogen-bond acceptors (Lipinski definition) is 4. The molecule has 0 aliphatic carbocycles. The Labute approximate surface area is 179 Å². The van der Waals surface area contributed by atoms with Gasteiger partial charge in [0.25, 0.3) is 5.91 Å². The molecule has 3 rings (SSSR count). The summed E-state index contributed by atoms with van der Waals surface area (Å²) >= 11 is 0. The quantitative estimate of drug-likeness (QED) is 0.689. The third kappa shape index (κ3) is 5.83. The smallest absolute Gasteiger partial charge is 0.251 e. The number of carbonyl (C=O) groups excluding carboxylic acids is 1. The van der Waals surface area contributed by atoms with E-state index in [9.17, 15) is 13.2 Å². The maximum Gasteiger partial charge on any atom is 0.251 e. The highest BCUT2D eigenvalue weighted by atomic mass is 32.2. The Morgan fingerprint density at radius 3 is 2.27 bits per heavy atom. The van der Waals surface area contributed by atoms with Crippen LogP contribution in [0.4, 0.5) is 0 Å². The molecule has 0 spiro atoms. The lowest BCUT2D eigenvalue weighted by atomic mass is 10.1. The van der Waals surface area contributed by atoms with E-state index in [1.54, 1.807) is 28.6 Å². The zero-order valence-corrected chi connectivity index (χ0v) is 18.5. The van der Waals surface area contributed by atoms with Crippen molar-refractivity contribution in [3.05, 3.63) is 65.2 Å². The van der Waals surface area contributed by atoms with Gasteiger partial charge in [0.1, 0.15) is 5.75 Å². The predicted octanol–water partition coefficient (Wildman–Crippen LogP) is 3.89. The normalized spacial score (nSPS) is 16.1. The van der Waals surface area contributed by atoms with Crippen LogP contribution >= 0.6 is 0 Å². The van der Waals surface area contributed by atoms with Gasteiger partial charge >= 0.3 is 0 Å². The number of carbonyl (C=O) groups is 1. The predicted molar refractivity (Wildman–Crippen MR) is 118 cm³/mol. The second kappa shape index (κ2) is 10.1. The van der Waals surface area contributed by atoms with Gasteiger partial charge in [-0.25, -0.2) is 12.7 Å². The molecule has 2 aromatic carbocycles. The summed E-state index contributed by atoms with van der Waals surface area (Å²) in [5.41, 5.74) is 2.18. The molecule has 1 fully saturated rings. The average Bonchev–Trinajstić information content (AvgIpc) is 2.75. The van der Waals surface area contributed by atoms with Crippen molar-refractivity contribution in [2.45, 2.75) is 44.9 Å². The maximum absolute atomic E-state index is 12.6. The van der Waals surface area contributed by atoms with Gasteiger partial charge in [-0.05, 0) is 62.1 Å². The molecule has 162 valence electrons. The summed E-state index contributed by atoms with van der Waals surface area (Å²) in [6.45, 7) is 5.68. The number of piperidine rings is 1. The summed E-state index contributed by atoms with van der Waals surface area (Å²) in [5, 5.41) is 2.98. The Hall–Kier alpha value is -2.38. The molecule has 0 saturated carbocycles. The Morgan fingerprint density at radius 2 is 1.67 bits per heavy atom. The van der Waals surface area contributed by atoms with Crippen LogP contribution in [0.2, 0.25) is 0 Å². The molecule has 1 saturated heterocycles. The van der Waals surface area contributed by atoms with E-state index in [1.165, 1.54) is 0 Å². The monoisotopic (exact) mass is 430 g/mol. The highest BCUT2D eigenvalue weighted by Crippen LogP contribution is 2.19. The van der Waals surface area contributed by atoms with E-state index >= 15 is 0 Å². The van der Waals surface area contributed by atoms with Gasteiger partial charge in [-0.1, -0.05) is 30.7 Å². The number of nitrogens with one attached hydrogen (secondary N) is 1. The standard InChI is InChI=1S/C23H30N2O4S/c1-3-29-22-13-11-20(12-14-22)18(2)24-23(26)21-9-7-19(8-10-21)17-30(27,28)25-15-5-4-6-16-25/h7-14,18H,3-6,15-17H2,1-2H3,(H,24,26)/t18-/m1/s1. The Kier molecular flexibility index (Phi) is 7.50. The number of ether oxygens (including phenoxy) is 1. The number of benzene rings is 2. The minimum atomic E-state index is -3.31. The van der Waals surface area contributed by atoms with E-state index in [2.05, 4.69) is 5.32 Å². The third-order valence-electron chi connectivity index (χ3n) is 5.31. The molecule has 1 atom stereocenters. The highest BCUT2D eigenvalue weighted by molar-refractivity contribution is 7.88. The summed E-state index contributed by atoms with van der Waals surface area (Å²) < 4.78 is 32.2. The van der Waals surface area contributed by atoms with Crippen LogP contribution in [0.3, 0.4) is 0 Å². The van der Waals surface area contributed by atoms with Gasteiger partial charge in [0.05, 0.1) is 18.4 Å². The molecule has 2 aromatic rings. The first-order valence-electron chi connectivity index (χ1n) is 10.5. The molecular formula is C23H30N2O4S. The zero-order valence-electron chi connectivity index (χ0n) is 17.6. The molecule has 0 unspecified atom stereocenters. The van der Waals surface area contributed by atoms with Gasteiger partial charge in [0.2, 0.25) is 10.0 Å². The van der Waals surface area contributed by atoms with Gasteiger partial charge in [0.15, 0.2) is 0 Å². The van der Waals surface area contributed by atoms with Crippen LogP contribution in [-0.4, -0.2) is 38.3 Å². The van der Waals surface area contributed by atoms with E-state index < -0.39 is 10.0 Å². The van der Waals surface area contributed by atoms with Gasteiger partial charge in [-0.3, -0.25) is 4.79 Å². The van der Waals surface area contributed by atoms with Gasteiger partial charge in [-0.2, -0.15) is 0 Å². The van der Waals surface area contributed by atoms with Crippen LogP contribution in [0, 0.1) is 0 Å². The molecule has 6 nitrogen and oxygen atoms in total. The van der Waals surface area contributed by atoms with Crippen LogP contribution in [0.1, 0.15) is 60.6 Å². The summed E-state index contributed by atoms with van der Waals surface area (Å²) in [5.74, 6) is 0.578. The van der Waals surface area contributed by atoms with E-state index in [0.29, 0.717) is 30.8 Å². The lowest BCUT2D eigenvalue weighted by Crippen LogP contribution is -2.36. The van der Waals surface area contributed by atoms with Gasteiger partial charge in [-0.15, -0.1) is 0 Å². The fourth-order valence-electron chi connectivity index (χ4n) is 3.58. The number of amides is 1. The molecule has 0 bridgehead atoms. The van der Waals surface area contributed by atoms with Crippen molar-refractivity contribution in [2.24, 2.45) is 0 Å². The van der Waals surface area contributed by atoms with Crippen LogP contribution in [0.5, 0.6) is 5.75 Å². The van der Waals surface area contributed by atoms with Crippen LogP contribution in [0.15, 0.2) is 48.5 Å². The van der Waals surface area contributed by atoms with Gasteiger partial charge < -0.3 is 10.1 Å². The van der Waals surface area contributed by atoms with Crippen LogP contribution in [-0.2, 0) is 15.8 Å². The first-order chi connectivity index (χ1) is 14.4. The lowest BCUT2D eigenvalue weighted by Gasteiger charge is -2.25. The first kappa shape index (κ1) is 22.3. The Balaban J connectivity index is 1.59. The summed E-state index contributed by atoms with van der Waals surface area (Å²) in [6.07, 6.45) is 2.93. The summed E-state index contributed by atoms with van der Waals surface area (Å²) in [4.78, 5) is 12.6. The molecule has 1 aliphatic heterocycles. The third-order valence-corrected chi connectivity index (χ3v) is 7.16. The minimum absolute atomic E-state index is 0.0303. The summed E-state index contributed by atoms with van der Waals surface area (Å²) in [6, 6.07) is 14.3. The largest absolute Gasteiger partial charge is 0.494 e. The first-order valence-corrected chi connectivity index (χ1v) is 12.1. The molecule has 1 heterocycles. The number of rotatable bonds is 8. The highest BCUT2D eigenvalue weighted by Gasteiger charge is 2.24. The summed E-state index contributed by atoms with van der Waals surface area (Å²) in [7, 11) is -3.31. The van der Waals surface area contributed by atoms with Crippen molar-refractivity contribution >= 4 is 15.9 Å². The second-order valence-corrected chi connectivity index (χ2v) is 9.58. The van der Waals surface area contributed by atoms with E-state index in [4.69, 9.17) is 4.74 Å². The Bertz CT molecular complexity index is 934. The van der Waals surface area contributed by atoms with Crippen molar-refractivity contribution in [1.82, 2.24) is 9.62 Å². The van der Waals surface area contributed by atoms with Crippen molar-refractivity contribution < 1.29 is 17.9 Å². The fourth-order valence-corrected chi connectivity index (χ4v) is 5.19. The number of nitrogens with zero attached hydrogens (tertiary/aromatic N) is 1. The van der Waals surface area contributed by atoms with Crippen molar-refractivity contribution in [3.63, 3.8) is 0 Å². The van der Waals surface area contributed by atoms with Gasteiger partial charge in [0, 0.05) is 18.7 Å². The van der Waals surface area contributed by atoms with E-state index in [0.717, 1.165) is 30.6 Å². The fraction of sp³-hybridized carbons (Fsp3) is 0.435. The minimum Gasteiger partial charge on any atom is -0.494 e. The van der Waals surface area contributed by atoms with E-state index in [1.807, 2.05) is 38.1 Å². The number of sulfonamides is 1. The van der Waals surface area contributed by atoms with Crippen LogP contribution in [0.25, 0.3) is 0 Å². The topological polar surface area (TPSA) is 75.7 Å². The molecular weight excluding hydrogens is 400 g/mol. The van der Waals surface area contributed by atoms with Crippen molar-refractivity contribution in [3.8, 4) is 5.75 Å². The van der Waals surface area contributed by atoms with Crippen LogP contribution < -0.4 is 10.1 Å². The molecule has 0 radical (unpaired) electrons. The lowest BCUT2D eigenvalue weighted by molar-refractivity contribution is 0.0940. The Morgan fingerprint density at radius 1 is 1.03 bits per heavy atom. The molecule has 1 amide bonds. The average molecular weight is 431 g/mol. The molecule has 0 aromatic heterocycles. The SMILES string of the molecule is CCOc1ccc([C@@H](C)NC(=O)c2ccc(CS(=O)(=O)N3CCCCC3)cc2)cc1. The van der Waals surface area contributed by atoms with Crippen molar-refractivity contribution in [2.75, 3.05) is 19.7 Å². The molecule has 1 aliphatic rings. The maximum atomic E-state index is 12.6. The molecule has 1 N–H and O–H groups in total. The molecule has 30 heavy (non-hydrogen) atoms.